The number of nitrogens with zero attached hydrogens (tertiary/aromatic N) is 2. The van der Waals surface area contributed by atoms with Crippen molar-refractivity contribution in [2.45, 2.75) is 9.79 Å². The lowest BCUT2D eigenvalue weighted by molar-refractivity contribution is 1.17. The SMILES string of the molecule is c1ccc(N2c3ccccc3N(c3ccc(B4c5ccccc5[Si]5(c6ccccc64)c4ccccc4B4c6ccccc6Sc6cccc5c64)cc3)c3ccccc32)cc1. The number of hydrogen-bond acceptors (Lipinski definition) is 3. The highest BCUT2D eigenvalue weighted by Gasteiger charge is 2.56. The molecule has 0 bridgehead atoms. The number of hydrogen-bond donors (Lipinski definition) is 0. The average molecular weight is 795 g/mol. The molecule has 60 heavy (non-hydrogen) atoms. The minimum Gasteiger partial charge on any atom is -0.306 e. The van der Waals surface area contributed by atoms with Crippen LogP contribution in [0.4, 0.5) is 34.1 Å². The van der Waals surface area contributed by atoms with Crippen molar-refractivity contribution in [2.24, 2.45) is 0 Å². The lowest BCUT2D eigenvalue weighted by Gasteiger charge is -2.49. The summed E-state index contributed by atoms with van der Waals surface area (Å²) in [6, 6.07) is 82.5. The van der Waals surface area contributed by atoms with Gasteiger partial charge in [-0.3, -0.25) is 0 Å². The van der Waals surface area contributed by atoms with Gasteiger partial charge in [0.15, 0.2) is 8.07 Å². The van der Waals surface area contributed by atoms with E-state index in [9.17, 15) is 0 Å². The van der Waals surface area contributed by atoms with Gasteiger partial charge in [0.25, 0.3) is 0 Å². The van der Waals surface area contributed by atoms with Gasteiger partial charge >= 0.3 is 0 Å². The van der Waals surface area contributed by atoms with Gasteiger partial charge in [-0.2, -0.15) is 0 Å². The van der Waals surface area contributed by atoms with E-state index in [0.29, 0.717) is 0 Å². The summed E-state index contributed by atoms with van der Waals surface area (Å²) in [5.74, 6) is 0. The molecule has 0 atom stereocenters. The first-order valence-corrected chi connectivity index (χ1v) is 23.7. The fraction of sp³-hybridized carbons (Fsp3) is 0. The van der Waals surface area contributed by atoms with Crippen LogP contribution in [0.2, 0.25) is 0 Å². The largest absolute Gasteiger partial charge is 0.306 e. The summed E-state index contributed by atoms with van der Waals surface area (Å²) in [4.78, 5) is 7.59. The molecular weight excluding hydrogens is 758 g/mol. The topological polar surface area (TPSA) is 6.48 Å². The first-order chi connectivity index (χ1) is 29.8. The lowest BCUT2D eigenvalue weighted by Crippen LogP contribution is -2.93. The van der Waals surface area contributed by atoms with Crippen molar-refractivity contribution >= 4 is 121 Å². The smallest absolute Gasteiger partial charge is 0.243 e. The third-order valence-corrected chi connectivity index (χ3v) is 19.7. The van der Waals surface area contributed by atoms with Gasteiger partial charge in [-0.15, -0.1) is 0 Å². The zero-order valence-corrected chi connectivity index (χ0v) is 34.6. The maximum absolute atomic E-state index is 2.78. The summed E-state index contributed by atoms with van der Waals surface area (Å²) < 4.78 is 0. The van der Waals surface area contributed by atoms with Gasteiger partial charge in [-0.1, -0.05) is 202 Å². The molecule has 0 aromatic heterocycles. The molecule has 0 amide bonds. The van der Waals surface area contributed by atoms with Crippen LogP contribution in [0, 0.1) is 0 Å². The highest BCUT2D eigenvalue weighted by atomic mass is 32.2. The van der Waals surface area contributed by atoms with E-state index in [-0.39, 0.29) is 13.4 Å². The first kappa shape index (κ1) is 34.2. The van der Waals surface area contributed by atoms with Gasteiger partial charge < -0.3 is 9.80 Å². The van der Waals surface area contributed by atoms with Gasteiger partial charge in [-0.25, -0.2) is 0 Å². The van der Waals surface area contributed by atoms with Crippen LogP contribution in [0.3, 0.4) is 0 Å². The molecule has 0 radical (unpaired) electrons. The average Bonchev–Trinajstić information content (AvgIpc) is 3.32. The molecule has 4 aliphatic heterocycles. The van der Waals surface area contributed by atoms with Crippen molar-refractivity contribution in [3.8, 4) is 0 Å². The molecule has 1 spiro atoms. The molecule has 278 valence electrons. The van der Waals surface area contributed by atoms with E-state index in [1.54, 1.807) is 5.19 Å². The van der Waals surface area contributed by atoms with Gasteiger partial charge in [0.1, 0.15) is 0 Å². The molecule has 2 nitrogen and oxygen atoms in total. The number of benzene rings is 9. The van der Waals surface area contributed by atoms with Gasteiger partial charge in [0, 0.05) is 21.2 Å². The minimum absolute atomic E-state index is 0.0959. The Morgan fingerprint density at radius 3 is 1.30 bits per heavy atom. The zero-order valence-electron chi connectivity index (χ0n) is 32.7. The number of para-hydroxylation sites is 5. The molecule has 13 rings (SSSR count). The Balaban J connectivity index is 0.988. The summed E-state index contributed by atoms with van der Waals surface area (Å²) in [7, 11) is -2.78. The van der Waals surface area contributed by atoms with Gasteiger partial charge in [0.2, 0.25) is 13.4 Å². The molecule has 0 unspecified atom stereocenters. The highest BCUT2D eigenvalue weighted by molar-refractivity contribution is 8.00. The van der Waals surface area contributed by atoms with E-state index >= 15 is 0 Å². The van der Waals surface area contributed by atoms with Crippen LogP contribution >= 0.6 is 11.8 Å². The standard InChI is InChI=1S/C54H36B2N2SSi/c1-2-17-38(18-3-1)57-44-23-8-10-25-46(44)58(47-26-11-9-24-45(47)57)39-35-33-37(34-36-39)55-41-20-5-13-29-50(41)60(51-30-14-6-21-42(51)55)52-31-15-7-22-43(52)56-40-19-4-12-27-48(40)59-49-28-16-32-53(60)54(49)56/h1-36H. The second-order valence-electron chi connectivity index (χ2n) is 16.3. The quantitative estimate of drug-likeness (QED) is 0.190. The second kappa shape index (κ2) is 13.1. The molecule has 4 heterocycles. The third kappa shape index (κ3) is 4.63. The molecule has 0 aliphatic carbocycles. The molecule has 4 aliphatic rings. The van der Waals surface area contributed by atoms with Gasteiger partial charge in [0.05, 0.1) is 22.7 Å². The summed E-state index contributed by atoms with van der Waals surface area (Å²) in [5.41, 5.74) is 15.5. The Morgan fingerprint density at radius 1 is 0.317 bits per heavy atom. The van der Waals surface area contributed by atoms with E-state index in [0.717, 1.165) is 34.1 Å². The van der Waals surface area contributed by atoms with Crippen LogP contribution in [0.5, 0.6) is 0 Å². The molecule has 9 aromatic rings. The van der Waals surface area contributed by atoms with Crippen molar-refractivity contribution in [3.05, 3.63) is 218 Å². The van der Waals surface area contributed by atoms with Crippen LogP contribution in [0.15, 0.2) is 228 Å². The van der Waals surface area contributed by atoms with E-state index in [1.807, 2.05) is 11.8 Å². The Hall–Kier alpha value is -6.72. The predicted octanol–water partition coefficient (Wildman–Crippen LogP) is 6.44. The molecule has 6 heteroatoms. The van der Waals surface area contributed by atoms with Gasteiger partial charge in [-0.05, 0) is 81.4 Å². The van der Waals surface area contributed by atoms with Crippen LogP contribution in [0.1, 0.15) is 0 Å². The molecule has 0 saturated heterocycles. The lowest BCUT2D eigenvalue weighted by atomic mass is 9.36. The minimum atomic E-state index is -2.78. The van der Waals surface area contributed by atoms with E-state index in [1.165, 1.54) is 58.1 Å². The fourth-order valence-electron chi connectivity index (χ4n) is 11.2. The molecule has 0 saturated carbocycles. The number of anilines is 6. The number of fused-ring (bicyclic) bond motifs is 12. The molecular formula is C54H36B2N2SSi. The van der Waals surface area contributed by atoms with Crippen LogP contribution < -0.4 is 63.3 Å². The van der Waals surface area contributed by atoms with Crippen molar-refractivity contribution in [1.29, 1.82) is 0 Å². The van der Waals surface area contributed by atoms with Crippen molar-refractivity contribution in [3.63, 3.8) is 0 Å². The van der Waals surface area contributed by atoms with Crippen LogP contribution in [-0.4, -0.2) is 21.5 Å². The maximum Gasteiger partial charge on any atom is 0.243 e. The summed E-state index contributed by atoms with van der Waals surface area (Å²) in [5, 5.41) is 6.11. The van der Waals surface area contributed by atoms with Crippen LogP contribution in [0.25, 0.3) is 0 Å². The highest BCUT2D eigenvalue weighted by Crippen LogP contribution is 2.53. The second-order valence-corrected chi connectivity index (χ2v) is 21.0. The maximum atomic E-state index is 2.50. The predicted molar refractivity (Wildman–Crippen MR) is 259 cm³/mol. The summed E-state index contributed by atoms with van der Waals surface area (Å²) in [6.45, 7) is 0.316. The monoisotopic (exact) mass is 794 g/mol. The Morgan fingerprint density at radius 2 is 0.733 bits per heavy atom. The number of rotatable bonds is 3. The van der Waals surface area contributed by atoms with E-state index in [4.69, 9.17) is 0 Å². The third-order valence-electron chi connectivity index (χ3n) is 13.5. The van der Waals surface area contributed by atoms with Crippen LogP contribution in [-0.2, 0) is 0 Å². The van der Waals surface area contributed by atoms with E-state index < -0.39 is 8.07 Å². The Labute approximate surface area is 357 Å². The Bertz CT molecular complexity index is 3090. The summed E-state index contributed by atoms with van der Waals surface area (Å²) in [6.07, 6.45) is 0. The zero-order chi connectivity index (χ0) is 39.4. The molecule has 0 fully saturated rings. The van der Waals surface area contributed by atoms with Crippen molar-refractivity contribution in [1.82, 2.24) is 0 Å². The molecule has 0 N–H and O–H groups in total. The fourth-order valence-corrected chi connectivity index (χ4v) is 18.3. The normalized spacial score (nSPS) is 14.6. The molecule has 9 aromatic carbocycles. The Kier molecular flexibility index (Phi) is 7.48. The van der Waals surface area contributed by atoms with Crippen molar-refractivity contribution in [2.75, 3.05) is 9.80 Å². The van der Waals surface area contributed by atoms with Crippen molar-refractivity contribution < 1.29 is 0 Å². The first-order valence-electron chi connectivity index (χ1n) is 20.9. The summed E-state index contributed by atoms with van der Waals surface area (Å²) >= 11 is 1.95. The van der Waals surface area contributed by atoms with E-state index in [2.05, 4.69) is 228 Å².